The van der Waals surface area contributed by atoms with E-state index in [-0.39, 0.29) is 17.5 Å². The molecule has 0 saturated heterocycles. The lowest BCUT2D eigenvalue weighted by atomic mass is 9.91. The molecule has 0 aliphatic heterocycles. The summed E-state index contributed by atoms with van der Waals surface area (Å²) in [6.45, 7) is 7.62. The van der Waals surface area contributed by atoms with Crippen LogP contribution in [0.2, 0.25) is 0 Å². The van der Waals surface area contributed by atoms with E-state index in [1.807, 2.05) is 56.3 Å². The van der Waals surface area contributed by atoms with Gasteiger partial charge in [0.25, 0.3) is 0 Å². The van der Waals surface area contributed by atoms with Crippen molar-refractivity contribution in [2.75, 3.05) is 0 Å². The Kier molecular flexibility index (Phi) is 7.28. The first-order valence-electron chi connectivity index (χ1n) is 8.96. The van der Waals surface area contributed by atoms with Crippen molar-refractivity contribution in [1.29, 1.82) is 0 Å². The zero-order valence-corrected chi connectivity index (χ0v) is 15.6. The monoisotopic (exact) mass is 346 g/mol. The van der Waals surface area contributed by atoms with E-state index in [9.17, 15) is 9.59 Å². The Morgan fingerprint density at radius 2 is 1.69 bits per heavy atom. The zero-order chi connectivity index (χ0) is 18.9. The molecule has 1 atom stereocenters. The highest BCUT2D eigenvalue weighted by atomic mass is 16.1. The summed E-state index contributed by atoms with van der Waals surface area (Å²) >= 11 is 0. The molecule has 0 aliphatic rings. The van der Waals surface area contributed by atoms with E-state index in [1.165, 1.54) is 17.2 Å². The SMILES string of the molecule is C=CC(=O)CC(C=CC(=O)CCc1cccc(C)c1)c1cccc(C)c1. The van der Waals surface area contributed by atoms with Gasteiger partial charge in [0, 0.05) is 18.8 Å². The number of carbonyl (C=O) groups excluding carboxylic acids is 2. The molecule has 2 aromatic carbocycles. The Hall–Kier alpha value is -2.74. The van der Waals surface area contributed by atoms with Crippen LogP contribution in [0.3, 0.4) is 0 Å². The second kappa shape index (κ2) is 9.67. The quantitative estimate of drug-likeness (QED) is 0.578. The number of carbonyl (C=O) groups is 2. The first-order chi connectivity index (χ1) is 12.5. The third-order valence-electron chi connectivity index (χ3n) is 4.38. The molecule has 0 amide bonds. The van der Waals surface area contributed by atoms with Crippen molar-refractivity contribution >= 4 is 11.6 Å². The van der Waals surface area contributed by atoms with E-state index in [2.05, 4.69) is 18.7 Å². The third kappa shape index (κ3) is 6.29. The summed E-state index contributed by atoms with van der Waals surface area (Å²) in [5.74, 6) is -0.0492. The molecule has 2 rings (SSSR count). The molecular weight excluding hydrogens is 320 g/mol. The Bertz CT molecular complexity index is 814. The fraction of sp³-hybridized carbons (Fsp3) is 0.250. The van der Waals surface area contributed by atoms with E-state index in [1.54, 1.807) is 6.08 Å². The average Bonchev–Trinajstić information content (AvgIpc) is 2.63. The summed E-state index contributed by atoms with van der Waals surface area (Å²) in [5, 5.41) is 0. The van der Waals surface area contributed by atoms with Gasteiger partial charge in [-0.05, 0) is 43.5 Å². The van der Waals surface area contributed by atoms with Gasteiger partial charge in [-0.25, -0.2) is 0 Å². The summed E-state index contributed by atoms with van der Waals surface area (Å²) in [4.78, 5) is 24.1. The highest BCUT2D eigenvalue weighted by molar-refractivity contribution is 5.91. The molecule has 0 N–H and O–H groups in total. The van der Waals surface area contributed by atoms with E-state index in [0.29, 0.717) is 12.8 Å². The molecule has 0 saturated carbocycles. The smallest absolute Gasteiger partial charge is 0.156 e. The van der Waals surface area contributed by atoms with Crippen LogP contribution in [0, 0.1) is 13.8 Å². The van der Waals surface area contributed by atoms with Gasteiger partial charge in [0.1, 0.15) is 0 Å². The van der Waals surface area contributed by atoms with E-state index in [0.717, 1.165) is 17.5 Å². The standard InChI is InChI=1S/C24H26O2/c1-4-23(25)17-22(21-10-6-8-19(3)16-21)12-14-24(26)13-11-20-9-5-7-18(2)15-20/h4-10,12,14-16,22H,1,11,13,17H2,2-3H3. The van der Waals surface area contributed by atoms with Crippen molar-refractivity contribution in [1.82, 2.24) is 0 Å². The molecule has 26 heavy (non-hydrogen) atoms. The zero-order valence-electron chi connectivity index (χ0n) is 15.6. The first-order valence-corrected chi connectivity index (χ1v) is 8.96. The van der Waals surface area contributed by atoms with Gasteiger partial charge in [0.05, 0.1) is 0 Å². The fourth-order valence-corrected chi connectivity index (χ4v) is 2.94. The maximum absolute atomic E-state index is 12.3. The summed E-state index contributed by atoms with van der Waals surface area (Å²) in [6, 6.07) is 16.3. The van der Waals surface area contributed by atoms with Gasteiger partial charge < -0.3 is 0 Å². The van der Waals surface area contributed by atoms with Gasteiger partial charge >= 0.3 is 0 Å². The fourth-order valence-electron chi connectivity index (χ4n) is 2.94. The lowest BCUT2D eigenvalue weighted by Gasteiger charge is -2.12. The van der Waals surface area contributed by atoms with Gasteiger partial charge in [-0.2, -0.15) is 0 Å². The Balaban J connectivity index is 2.04. The molecule has 0 radical (unpaired) electrons. The molecule has 2 nitrogen and oxygen atoms in total. The second-order valence-electron chi connectivity index (χ2n) is 6.71. The summed E-state index contributed by atoms with van der Waals surface area (Å²) in [6.07, 6.45) is 6.35. The van der Waals surface area contributed by atoms with Crippen LogP contribution in [-0.2, 0) is 16.0 Å². The van der Waals surface area contributed by atoms with Crippen LogP contribution in [0.4, 0.5) is 0 Å². The number of hydrogen-bond acceptors (Lipinski definition) is 2. The van der Waals surface area contributed by atoms with Crippen molar-refractivity contribution in [2.45, 2.75) is 39.0 Å². The minimum absolute atomic E-state index is 0.0200. The highest BCUT2D eigenvalue weighted by Gasteiger charge is 2.12. The van der Waals surface area contributed by atoms with Crippen molar-refractivity contribution in [3.63, 3.8) is 0 Å². The molecule has 0 spiro atoms. The maximum atomic E-state index is 12.3. The maximum Gasteiger partial charge on any atom is 0.156 e. The Morgan fingerprint density at radius 3 is 2.35 bits per heavy atom. The minimum Gasteiger partial charge on any atom is -0.295 e. The molecule has 0 aliphatic carbocycles. The number of ketones is 2. The van der Waals surface area contributed by atoms with Crippen LogP contribution in [-0.4, -0.2) is 11.6 Å². The van der Waals surface area contributed by atoms with Crippen molar-refractivity contribution in [3.05, 3.63) is 95.6 Å². The predicted molar refractivity (Wildman–Crippen MR) is 107 cm³/mol. The summed E-state index contributed by atoms with van der Waals surface area (Å²) in [7, 11) is 0. The van der Waals surface area contributed by atoms with Crippen LogP contribution in [0.25, 0.3) is 0 Å². The number of aryl methyl sites for hydroxylation is 3. The van der Waals surface area contributed by atoms with Crippen LogP contribution >= 0.6 is 0 Å². The molecule has 0 bridgehead atoms. The normalized spacial score (nSPS) is 12.1. The van der Waals surface area contributed by atoms with Crippen LogP contribution < -0.4 is 0 Å². The van der Waals surface area contributed by atoms with E-state index in [4.69, 9.17) is 0 Å². The Morgan fingerprint density at radius 1 is 1.00 bits per heavy atom. The Labute approximate surface area is 156 Å². The molecule has 2 aromatic rings. The van der Waals surface area contributed by atoms with Crippen LogP contribution in [0.15, 0.2) is 73.3 Å². The third-order valence-corrected chi connectivity index (χ3v) is 4.38. The van der Waals surface area contributed by atoms with Crippen molar-refractivity contribution < 1.29 is 9.59 Å². The van der Waals surface area contributed by atoms with Crippen LogP contribution in [0.1, 0.15) is 41.0 Å². The largest absolute Gasteiger partial charge is 0.295 e. The highest BCUT2D eigenvalue weighted by Crippen LogP contribution is 2.23. The molecule has 134 valence electrons. The molecule has 0 aromatic heterocycles. The number of hydrogen-bond donors (Lipinski definition) is 0. The van der Waals surface area contributed by atoms with Gasteiger partial charge in [-0.3, -0.25) is 9.59 Å². The summed E-state index contributed by atoms with van der Waals surface area (Å²) in [5.41, 5.74) is 4.55. The number of benzene rings is 2. The average molecular weight is 346 g/mol. The topological polar surface area (TPSA) is 34.1 Å². The van der Waals surface area contributed by atoms with E-state index < -0.39 is 0 Å². The summed E-state index contributed by atoms with van der Waals surface area (Å²) < 4.78 is 0. The predicted octanol–water partition coefficient (Wildman–Crippen LogP) is 5.29. The molecule has 1 unspecified atom stereocenters. The van der Waals surface area contributed by atoms with Crippen molar-refractivity contribution in [2.24, 2.45) is 0 Å². The first kappa shape index (κ1) is 19.6. The number of rotatable bonds is 9. The molecular formula is C24H26O2. The van der Waals surface area contributed by atoms with Gasteiger partial charge in [0.2, 0.25) is 0 Å². The van der Waals surface area contributed by atoms with Gasteiger partial charge in [-0.15, -0.1) is 0 Å². The number of allylic oxidation sites excluding steroid dienone is 3. The van der Waals surface area contributed by atoms with Gasteiger partial charge in [0.15, 0.2) is 11.6 Å². The lowest BCUT2D eigenvalue weighted by Crippen LogP contribution is -2.04. The van der Waals surface area contributed by atoms with Gasteiger partial charge in [-0.1, -0.05) is 72.3 Å². The van der Waals surface area contributed by atoms with Crippen LogP contribution in [0.5, 0.6) is 0 Å². The molecule has 0 heterocycles. The minimum atomic E-state index is -0.108. The van der Waals surface area contributed by atoms with E-state index >= 15 is 0 Å². The van der Waals surface area contributed by atoms with Crippen molar-refractivity contribution in [3.8, 4) is 0 Å². The lowest BCUT2D eigenvalue weighted by molar-refractivity contribution is -0.115. The molecule has 2 heteroatoms. The molecule has 0 fully saturated rings. The second-order valence-corrected chi connectivity index (χ2v) is 6.71.